The fraction of sp³-hybridized carbons (Fsp3) is 0.214. The van der Waals surface area contributed by atoms with Gasteiger partial charge in [0.25, 0.3) is 0 Å². The van der Waals surface area contributed by atoms with Crippen LogP contribution in [-0.4, -0.2) is 25.1 Å². The Labute approximate surface area is 127 Å². The number of thiazole rings is 1. The van der Waals surface area contributed by atoms with E-state index in [2.05, 4.69) is 21.5 Å². The Morgan fingerprint density at radius 2 is 2.14 bits per heavy atom. The Hall–Kier alpha value is -1.72. The van der Waals surface area contributed by atoms with Crippen molar-refractivity contribution in [2.24, 2.45) is 0 Å². The van der Waals surface area contributed by atoms with Crippen molar-refractivity contribution < 1.29 is 13.5 Å². The van der Waals surface area contributed by atoms with Crippen molar-refractivity contribution in [2.75, 3.05) is 6.61 Å². The first kappa shape index (κ1) is 15.7. The van der Waals surface area contributed by atoms with Crippen LogP contribution >= 0.6 is 11.3 Å². The smallest absolute Gasteiger partial charge is 0.242 e. The van der Waals surface area contributed by atoms with E-state index in [4.69, 9.17) is 5.11 Å². The summed E-state index contributed by atoms with van der Waals surface area (Å²) >= 11 is 1.40. The van der Waals surface area contributed by atoms with Gasteiger partial charge in [-0.15, -0.1) is 11.3 Å². The van der Waals surface area contributed by atoms with Crippen molar-refractivity contribution >= 4 is 21.4 Å². The number of nitrogens with zero attached hydrogens (tertiary/aromatic N) is 1. The lowest BCUT2D eigenvalue weighted by molar-refractivity contribution is 0.350. The third-order valence-corrected chi connectivity index (χ3v) is 5.14. The summed E-state index contributed by atoms with van der Waals surface area (Å²) in [5, 5.41) is 8.74. The number of aliphatic hydroxyl groups is 1. The fourth-order valence-corrected chi connectivity index (χ4v) is 3.64. The summed E-state index contributed by atoms with van der Waals surface area (Å²) in [7, 11) is -3.67. The van der Waals surface area contributed by atoms with Crippen LogP contribution in [0.5, 0.6) is 0 Å². The molecule has 0 amide bonds. The van der Waals surface area contributed by atoms with Gasteiger partial charge in [-0.05, 0) is 19.1 Å². The van der Waals surface area contributed by atoms with Crippen molar-refractivity contribution in [3.8, 4) is 11.8 Å². The van der Waals surface area contributed by atoms with E-state index in [1.807, 2.05) is 6.92 Å². The van der Waals surface area contributed by atoms with Gasteiger partial charge in [-0.25, -0.2) is 18.1 Å². The van der Waals surface area contributed by atoms with Gasteiger partial charge in [0, 0.05) is 17.0 Å². The van der Waals surface area contributed by atoms with E-state index in [9.17, 15) is 8.42 Å². The summed E-state index contributed by atoms with van der Waals surface area (Å²) in [6.07, 6.45) is 0. The molecule has 0 aliphatic carbocycles. The predicted molar refractivity (Wildman–Crippen MR) is 81.3 cm³/mol. The molecule has 0 unspecified atom stereocenters. The van der Waals surface area contributed by atoms with E-state index < -0.39 is 10.0 Å². The lowest BCUT2D eigenvalue weighted by atomic mass is 10.2. The van der Waals surface area contributed by atoms with Crippen LogP contribution in [0.2, 0.25) is 0 Å². The Morgan fingerprint density at radius 3 is 2.81 bits per heavy atom. The highest BCUT2D eigenvalue weighted by molar-refractivity contribution is 7.89. The van der Waals surface area contributed by atoms with Crippen molar-refractivity contribution in [3.63, 3.8) is 0 Å². The maximum atomic E-state index is 12.4. The molecule has 21 heavy (non-hydrogen) atoms. The minimum Gasteiger partial charge on any atom is -0.384 e. The lowest BCUT2D eigenvalue weighted by Crippen LogP contribution is -2.24. The summed E-state index contributed by atoms with van der Waals surface area (Å²) in [6, 6.07) is 6.43. The van der Waals surface area contributed by atoms with Gasteiger partial charge in [0.05, 0.1) is 16.1 Å². The first-order chi connectivity index (χ1) is 10.0. The molecule has 0 saturated carbocycles. The number of hydrogen-bond acceptors (Lipinski definition) is 5. The van der Waals surface area contributed by atoms with Crippen LogP contribution in [0.4, 0.5) is 0 Å². The fourth-order valence-electron chi connectivity index (χ4n) is 1.67. The van der Waals surface area contributed by atoms with Crippen molar-refractivity contribution in [3.05, 3.63) is 45.9 Å². The topological polar surface area (TPSA) is 79.3 Å². The molecule has 5 nitrogen and oxygen atoms in total. The van der Waals surface area contributed by atoms with Crippen molar-refractivity contribution in [1.29, 1.82) is 0 Å². The van der Waals surface area contributed by atoms with Crippen LogP contribution in [0, 0.1) is 18.8 Å². The third-order valence-electron chi connectivity index (χ3n) is 2.75. The van der Waals surface area contributed by atoms with Crippen LogP contribution in [-0.2, 0) is 16.6 Å². The molecule has 0 aliphatic heterocycles. The summed E-state index contributed by atoms with van der Waals surface area (Å²) in [5.41, 5.74) is 2.86. The molecule has 0 radical (unpaired) electrons. The molecule has 2 N–H and O–H groups in total. The van der Waals surface area contributed by atoms with Gasteiger partial charge in [-0.1, -0.05) is 24.0 Å². The Bertz CT molecular complexity index is 786. The minimum absolute atomic E-state index is 0.105. The number of benzene rings is 1. The molecule has 0 spiro atoms. The zero-order valence-corrected chi connectivity index (χ0v) is 13.0. The van der Waals surface area contributed by atoms with Gasteiger partial charge in [-0.2, -0.15) is 0 Å². The molecule has 7 heteroatoms. The average Bonchev–Trinajstić information content (AvgIpc) is 2.89. The van der Waals surface area contributed by atoms with Crippen LogP contribution in [0.3, 0.4) is 0 Å². The SMILES string of the molecule is Cc1ncsc1CNS(=O)(=O)c1ccccc1C#CCO. The van der Waals surface area contributed by atoms with Gasteiger partial charge >= 0.3 is 0 Å². The van der Waals surface area contributed by atoms with Crippen molar-refractivity contribution in [2.45, 2.75) is 18.4 Å². The second kappa shape index (κ2) is 6.83. The second-order valence-electron chi connectivity index (χ2n) is 4.14. The summed E-state index contributed by atoms with van der Waals surface area (Å²) < 4.78 is 27.3. The number of nitrogens with one attached hydrogen (secondary N) is 1. The molecule has 1 heterocycles. The van der Waals surface area contributed by atoms with Gasteiger partial charge in [0.15, 0.2) is 0 Å². The number of rotatable bonds is 4. The molecule has 0 aliphatic rings. The molecule has 2 aromatic rings. The number of aromatic nitrogens is 1. The first-order valence-electron chi connectivity index (χ1n) is 6.12. The maximum absolute atomic E-state index is 12.4. The predicted octanol–water partition coefficient (Wildman–Crippen LogP) is 1.27. The average molecular weight is 322 g/mol. The number of aliphatic hydroxyl groups excluding tert-OH is 1. The summed E-state index contributed by atoms with van der Waals surface area (Å²) in [6.45, 7) is 1.71. The molecule has 0 bridgehead atoms. The van der Waals surface area contributed by atoms with E-state index in [1.54, 1.807) is 23.7 Å². The number of hydrogen-bond donors (Lipinski definition) is 2. The highest BCUT2D eigenvalue weighted by Gasteiger charge is 2.17. The highest BCUT2D eigenvalue weighted by Crippen LogP contribution is 2.17. The molecule has 0 saturated heterocycles. The van der Waals surface area contributed by atoms with E-state index in [-0.39, 0.29) is 18.0 Å². The Morgan fingerprint density at radius 1 is 1.38 bits per heavy atom. The zero-order chi connectivity index (χ0) is 15.3. The monoisotopic (exact) mass is 322 g/mol. The molecule has 1 aromatic heterocycles. The Kier molecular flexibility index (Phi) is 5.09. The quantitative estimate of drug-likeness (QED) is 0.831. The number of sulfonamides is 1. The highest BCUT2D eigenvalue weighted by atomic mass is 32.2. The van der Waals surface area contributed by atoms with Gasteiger partial charge < -0.3 is 5.11 Å². The van der Waals surface area contributed by atoms with E-state index >= 15 is 0 Å². The molecule has 0 atom stereocenters. The van der Waals surface area contributed by atoms with Crippen molar-refractivity contribution in [1.82, 2.24) is 9.71 Å². The Balaban J connectivity index is 2.26. The molecule has 2 rings (SSSR count). The molecule has 110 valence electrons. The summed E-state index contributed by atoms with van der Waals surface area (Å²) in [5.74, 6) is 5.11. The third kappa shape index (κ3) is 3.89. The number of aryl methyl sites for hydroxylation is 1. The normalized spacial score (nSPS) is 11.0. The standard InChI is InChI=1S/C14H14N2O3S2/c1-11-13(20-10-15-11)9-16-21(18,19)14-7-3-2-5-12(14)6-4-8-17/h2-3,5,7,10,16-17H,8-9H2,1H3. The van der Waals surface area contributed by atoms with E-state index in [0.29, 0.717) is 5.56 Å². The summed E-state index contributed by atoms with van der Waals surface area (Å²) in [4.78, 5) is 5.06. The minimum atomic E-state index is -3.67. The first-order valence-corrected chi connectivity index (χ1v) is 8.48. The van der Waals surface area contributed by atoms with Crippen LogP contribution < -0.4 is 4.72 Å². The molecular weight excluding hydrogens is 308 g/mol. The lowest BCUT2D eigenvalue weighted by Gasteiger charge is -2.08. The van der Waals surface area contributed by atoms with Gasteiger partial charge in [0.1, 0.15) is 6.61 Å². The van der Waals surface area contributed by atoms with Gasteiger partial charge in [-0.3, -0.25) is 0 Å². The van der Waals surface area contributed by atoms with E-state index in [0.717, 1.165) is 10.6 Å². The largest absolute Gasteiger partial charge is 0.384 e. The van der Waals surface area contributed by atoms with Gasteiger partial charge in [0.2, 0.25) is 10.0 Å². The van der Waals surface area contributed by atoms with Crippen LogP contribution in [0.25, 0.3) is 0 Å². The van der Waals surface area contributed by atoms with E-state index in [1.165, 1.54) is 17.4 Å². The van der Waals surface area contributed by atoms with Crippen LogP contribution in [0.1, 0.15) is 16.1 Å². The molecular formula is C14H14N2O3S2. The second-order valence-corrected chi connectivity index (χ2v) is 6.82. The zero-order valence-electron chi connectivity index (χ0n) is 11.3. The van der Waals surface area contributed by atoms with Crippen LogP contribution in [0.15, 0.2) is 34.7 Å². The molecule has 0 fully saturated rings. The molecule has 1 aromatic carbocycles. The maximum Gasteiger partial charge on any atom is 0.242 e.